The molecule has 0 heterocycles. The highest BCUT2D eigenvalue weighted by molar-refractivity contribution is 9.10. The number of fused-ring (bicyclic) bond motifs is 1. The molecule has 0 aliphatic heterocycles. The Balaban J connectivity index is 1.66. The number of carboxylic acids is 1. The molecule has 40 heavy (non-hydrogen) atoms. The zero-order chi connectivity index (χ0) is 28.8. The van der Waals surface area contributed by atoms with Gasteiger partial charge in [0.1, 0.15) is 5.75 Å². The van der Waals surface area contributed by atoms with E-state index >= 15 is 0 Å². The van der Waals surface area contributed by atoms with Gasteiger partial charge >= 0.3 is 5.97 Å². The summed E-state index contributed by atoms with van der Waals surface area (Å²) in [5, 5.41) is 14.5. The predicted molar refractivity (Wildman–Crippen MR) is 157 cm³/mol. The van der Waals surface area contributed by atoms with E-state index in [1.54, 1.807) is 36.4 Å². The van der Waals surface area contributed by atoms with Gasteiger partial charge < -0.3 is 15.2 Å². The third kappa shape index (κ3) is 7.07. The van der Waals surface area contributed by atoms with Gasteiger partial charge in [0, 0.05) is 29.7 Å². The number of sulfonamides is 1. The first-order valence-electron chi connectivity index (χ1n) is 12.6. The predicted octanol–water partition coefficient (Wildman–Crippen LogP) is 5.71. The smallest absolute Gasteiger partial charge is 0.364 e. The van der Waals surface area contributed by atoms with E-state index in [-0.39, 0.29) is 29.4 Å². The number of nitrogens with one attached hydrogen (secondary N) is 2. The number of aliphatic carboxylic acids is 1. The maximum absolute atomic E-state index is 13.6. The highest BCUT2D eigenvalue weighted by Crippen LogP contribution is 2.31. The first-order chi connectivity index (χ1) is 19.1. The van der Waals surface area contributed by atoms with E-state index in [9.17, 15) is 23.1 Å². The van der Waals surface area contributed by atoms with E-state index in [0.717, 1.165) is 21.0 Å². The molecule has 0 aliphatic rings. The Morgan fingerprint density at radius 3 is 2.15 bits per heavy atom. The molecule has 0 aromatic heterocycles. The van der Waals surface area contributed by atoms with Gasteiger partial charge in [-0.3, -0.25) is 4.79 Å². The molecule has 0 aliphatic carbocycles. The molecule has 1 unspecified atom stereocenters. The van der Waals surface area contributed by atoms with Crippen molar-refractivity contribution >= 4 is 48.6 Å². The van der Waals surface area contributed by atoms with Crippen LogP contribution in [0, 0.1) is 0 Å². The zero-order valence-corrected chi connectivity index (χ0v) is 24.2. The maximum Gasteiger partial charge on any atom is 0.364 e. The standard InChI is InChI=1S/C30H29BrN2O6S/c1-21(34)32-20-5-4-19-30(29(35)36,39-28-10-6-8-24-7-2-3-9-27(24)28)33-40(37,38)26-17-13-23(14-18-26)22-11-15-25(31)16-12-22/h2-3,6-18,33H,4-5,19-20H2,1H3,(H,32,34)(H,35,36). The molecule has 0 saturated heterocycles. The van der Waals surface area contributed by atoms with Gasteiger partial charge in [-0.15, -0.1) is 0 Å². The molecule has 4 aromatic rings. The minimum Gasteiger partial charge on any atom is -0.477 e. The summed E-state index contributed by atoms with van der Waals surface area (Å²) in [6, 6.07) is 26.2. The van der Waals surface area contributed by atoms with Crippen molar-refractivity contribution < 1.29 is 27.9 Å². The van der Waals surface area contributed by atoms with Crippen LogP contribution in [0.3, 0.4) is 0 Å². The molecule has 10 heteroatoms. The second kappa shape index (κ2) is 12.6. The number of carbonyl (C=O) groups is 2. The lowest BCUT2D eigenvalue weighted by atomic mass is 10.1. The second-order valence-corrected chi connectivity index (χ2v) is 11.9. The van der Waals surface area contributed by atoms with Crippen LogP contribution in [0.4, 0.5) is 0 Å². The average Bonchev–Trinajstić information content (AvgIpc) is 2.93. The number of unbranched alkanes of at least 4 members (excludes halogenated alkanes) is 1. The quantitative estimate of drug-likeness (QED) is 0.137. The molecule has 0 saturated carbocycles. The van der Waals surface area contributed by atoms with E-state index in [2.05, 4.69) is 26.0 Å². The van der Waals surface area contributed by atoms with E-state index in [1.165, 1.54) is 19.1 Å². The van der Waals surface area contributed by atoms with Gasteiger partial charge in [-0.05, 0) is 59.7 Å². The van der Waals surface area contributed by atoms with Crippen LogP contribution in [0.25, 0.3) is 21.9 Å². The number of carboxylic acid groups (broad SMARTS) is 1. The van der Waals surface area contributed by atoms with Gasteiger partial charge in [0.15, 0.2) is 0 Å². The van der Waals surface area contributed by atoms with Crippen LogP contribution >= 0.6 is 15.9 Å². The van der Waals surface area contributed by atoms with Crippen molar-refractivity contribution in [3.63, 3.8) is 0 Å². The number of amides is 1. The van der Waals surface area contributed by atoms with Gasteiger partial charge in [-0.1, -0.05) is 76.6 Å². The van der Waals surface area contributed by atoms with Gasteiger partial charge in [-0.25, -0.2) is 13.2 Å². The fraction of sp³-hybridized carbons (Fsp3) is 0.200. The summed E-state index contributed by atoms with van der Waals surface area (Å²) in [5.74, 6) is -1.45. The third-order valence-corrected chi connectivity index (χ3v) is 8.37. The van der Waals surface area contributed by atoms with E-state index < -0.39 is 21.7 Å². The van der Waals surface area contributed by atoms with Crippen molar-refractivity contribution in [3.05, 3.63) is 95.5 Å². The summed E-state index contributed by atoms with van der Waals surface area (Å²) < 4.78 is 36.5. The Labute approximate surface area is 241 Å². The molecule has 0 spiro atoms. The topological polar surface area (TPSA) is 122 Å². The highest BCUT2D eigenvalue weighted by Gasteiger charge is 2.45. The molecule has 1 atom stereocenters. The molecule has 208 valence electrons. The number of hydrogen-bond acceptors (Lipinski definition) is 5. The molecule has 0 fully saturated rings. The van der Waals surface area contributed by atoms with Gasteiger partial charge in [-0.2, -0.15) is 4.72 Å². The number of halogens is 1. The van der Waals surface area contributed by atoms with Crippen molar-refractivity contribution in [3.8, 4) is 16.9 Å². The number of hydrogen-bond donors (Lipinski definition) is 3. The summed E-state index contributed by atoms with van der Waals surface area (Å²) in [6.07, 6.45) is 0.515. The molecular weight excluding hydrogens is 596 g/mol. The first-order valence-corrected chi connectivity index (χ1v) is 14.9. The lowest BCUT2D eigenvalue weighted by Gasteiger charge is -2.31. The maximum atomic E-state index is 13.6. The minimum absolute atomic E-state index is 0.0984. The number of ether oxygens (including phenoxy) is 1. The van der Waals surface area contributed by atoms with Crippen molar-refractivity contribution in [2.24, 2.45) is 0 Å². The average molecular weight is 626 g/mol. The highest BCUT2D eigenvalue weighted by atomic mass is 79.9. The molecule has 3 N–H and O–H groups in total. The van der Waals surface area contributed by atoms with Crippen molar-refractivity contribution in [2.75, 3.05) is 6.54 Å². The molecule has 8 nitrogen and oxygen atoms in total. The Kier molecular flexibility index (Phi) is 9.24. The Morgan fingerprint density at radius 2 is 1.50 bits per heavy atom. The largest absolute Gasteiger partial charge is 0.477 e. The van der Waals surface area contributed by atoms with Crippen LogP contribution in [0.5, 0.6) is 5.75 Å². The monoisotopic (exact) mass is 624 g/mol. The van der Waals surface area contributed by atoms with Crippen LogP contribution in [0.1, 0.15) is 26.2 Å². The molecular formula is C30H29BrN2O6S. The lowest BCUT2D eigenvalue weighted by Crippen LogP contribution is -2.58. The molecule has 0 radical (unpaired) electrons. The summed E-state index contributed by atoms with van der Waals surface area (Å²) in [7, 11) is -4.33. The summed E-state index contributed by atoms with van der Waals surface area (Å²) in [6.45, 7) is 1.71. The minimum atomic E-state index is -4.33. The first kappa shape index (κ1) is 29.3. The third-order valence-electron chi connectivity index (χ3n) is 6.35. The van der Waals surface area contributed by atoms with Crippen molar-refractivity contribution in [1.29, 1.82) is 0 Å². The van der Waals surface area contributed by atoms with Gasteiger partial charge in [0.25, 0.3) is 5.72 Å². The lowest BCUT2D eigenvalue weighted by molar-refractivity contribution is -0.157. The SMILES string of the molecule is CC(=O)NCCCCC(NS(=O)(=O)c1ccc(-c2ccc(Br)cc2)cc1)(Oc1cccc2ccccc12)C(=O)O. The molecule has 4 rings (SSSR count). The normalized spacial score (nSPS) is 12.9. The Hall–Kier alpha value is -3.73. The second-order valence-electron chi connectivity index (χ2n) is 9.29. The zero-order valence-electron chi connectivity index (χ0n) is 21.8. The number of carbonyl (C=O) groups excluding carboxylic acids is 1. The van der Waals surface area contributed by atoms with E-state index in [4.69, 9.17) is 4.74 Å². The molecule has 1 amide bonds. The Morgan fingerprint density at radius 1 is 0.875 bits per heavy atom. The number of benzene rings is 4. The van der Waals surface area contributed by atoms with Crippen LogP contribution in [0.15, 0.2) is 100 Å². The fourth-order valence-corrected chi connectivity index (χ4v) is 5.84. The van der Waals surface area contributed by atoms with Crippen LogP contribution < -0.4 is 14.8 Å². The van der Waals surface area contributed by atoms with Gasteiger partial charge in [0.05, 0.1) is 4.90 Å². The Bertz CT molecular complexity index is 1600. The summed E-state index contributed by atoms with van der Waals surface area (Å²) in [5.41, 5.74) is -0.594. The summed E-state index contributed by atoms with van der Waals surface area (Å²) in [4.78, 5) is 23.9. The van der Waals surface area contributed by atoms with Crippen LogP contribution in [0.2, 0.25) is 0 Å². The van der Waals surface area contributed by atoms with E-state index in [1.807, 2.05) is 42.5 Å². The van der Waals surface area contributed by atoms with Crippen molar-refractivity contribution in [1.82, 2.24) is 10.0 Å². The molecule has 4 aromatic carbocycles. The molecule has 0 bridgehead atoms. The summed E-state index contributed by atoms with van der Waals surface area (Å²) >= 11 is 3.40. The van der Waals surface area contributed by atoms with Crippen LogP contribution in [-0.4, -0.2) is 37.7 Å². The van der Waals surface area contributed by atoms with Gasteiger partial charge in [0.2, 0.25) is 15.9 Å². The number of rotatable bonds is 12. The fourth-order valence-electron chi connectivity index (χ4n) is 4.30. The van der Waals surface area contributed by atoms with E-state index in [0.29, 0.717) is 18.4 Å². The van der Waals surface area contributed by atoms with Crippen molar-refractivity contribution in [2.45, 2.75) is 36.8 Å². The van der Waals surface area contributed by atoms with Crippen LogP contribution in [-0.2, 0) is 19.6 Å².